The molecule has 4 N–H and O–H groups in total. The topological polar surface area (TPSA) is 96.8 Å². The molecule has 2 heterocycles. The molecule has 1 amide bonds. The summed E-state index contributed by atoms with van der Waals surface area (Å²) < 4.78 is 5.29. The summed E-state index contributed by atoms with van der Waals surface area (Å²) in [5.74, 6) is 0.953. The number of imidazole rings is 1. The molecular formula is C17H14N4O2. The Morgan fingerprint density at radius 2 is 2.09 bits per heavy atom. The summed E-state index contributed by atoms with van der Waals surface area (Å²) in [7, 11) is 1.63. The van der Waals surface area contributed by atoms with Crippen LogP contribution in [-0.2, 0) is 0 Å². The van der Waals surface area contributed by atoms with Crippen molar-refractivity contribution in [3.63, 3.8) is 0 Å². The molecule has 0 unspecified atom stereocenters. The summed E-state index contributed by atoms with van der Waals surface area (Å²) >= 11 is 0. The maximum Gasteiger partial charge on any atom is 0.250 e. The van der Waals surface area contributed by atoms with E-state index in [4.69, 9.17) is 10.5 Å². The third kappa shape index (κ3) is 2.03. The number of H-pyrrole nitrogens is 2. The number of rotatable bonds is 3. The highest BCUT2D eigenvalue weighted by atomic mass is 16.5. The van der Waals surface area contributed by atoms with Gasteiger partial charge in [0.2, 0.25) is 0 Å². The monoisotopic (exact) mass is 306 g/mol. The van der Waals surface area contributed by atoms with Crippen molar-refractivity contribution < 1.29 is 9.53 Å². The molecule has 23 heavy (non-hydrogen) atoms. The molecule has 2 aromatic heterocycles. The Kier molecular flexibility index (Phi) is 2.84. The molecule has 0 spiro atoms. The van der Waals surface area contributed by atoms with Crippen molar-refractivity contribution in [3.8, 4) is 17.1 Å². The van der Waals surface area contributed by atoms with Crippen molar-refractivity contribution in [2.75, 3.05) is 7.11 Å². The van der Waals surface area contributed by atoms with Crippen molar-refractivity contribution in [2.45, 2.75) is 0 Å². The smallest absolute Gasteiger partial charge is 0.250 e. The minimum atomic E-state index is -0.491. The molecule has 6 heteroatoms. The van der Waals surface area contributed by atoms with E-state index >= 15 is 0 Å². The van der Waals surface area contributed by atoms with Gasteiger partial charge >= 0.3 is 0 Å². The number of carbonyl (C=O) groups is 1. The second-order valence-electron chi connectivity index (χ2n) is 5.27. The maximum atomic E-state index is 11.6. The van der Waals surface area contributed by atoms with Gasteiger partial charge < -0.3 is 20.4 Å². The number of hydrogen-bond acceptors (Lipinski definition) is 3. The molecule has 0 aliphatic rings. The third-order valence-corrected chi connectivity index (χ3v) is 3.92. The second-order valence-corrected chi connectivity index (χ2v) is 5.27. The molecule has 0 atom stereocenters. The maximum absolute atomic E-state index is 11.6. The number of nitrogens with two attached hydrogens (primary N) is 1. The van der Waals surface area contributed by atoms with Gasteiger partial charge in [0, 0.05) is 22.7 Å². The Hall–Kier alpha value is -3.28. The van der Waals surface area contributed by atoms with Gasteiger partial charge in [0.15, 0.2) is 0 Å². The molecule has 6 nitrogen and oxygen atoms in total. The van der Waals surface area contributed by atoms with Crippen LogP contribution < -0.4 is 10.5 Å². The molecule has 0 saturated carbocycles. The lowest BCUT2D eigenvalue weighted by Crippen LogP contribution is -2.11. The van der Waals surface area contributed by atoms with Gasteiger partial charge in [-0.15, -0.1) is 0 Å². The van der Waals surface area contributed by atoms with Crippen LogP contribution in [0.2, 0.25) is 0 Å². The number of aromatic amines is 2. The van der Waals surface area contributed by atoms with Crippen LogP contribution in [-0.4, -0.2) is 28.0 Å². The lowest BCUT2D eigenvalue weighted by Gasteiger charge is -2.00. The van der Waals surface area contributed by atoms with Crippen LogP contribution >= 0.6 is 0 Å². The van der Waals surface area contributed by atoms with Crippen LogP contribution in [0.5, 0.6) is 5.75 Å². The Morgan fingerprint density at radius 1 is 1.22 bits per heavy atom. The summed E-state index contributed by atoms with van der Waals surface area (Å²) in [6.45, 7) is 0. The van der Waals surface area contributed by atoms with E-state index in [1.807, 2.05) is 30.5 Å². The van der Waals surface area contributed by atoms with Gasteiger partial charge in [0.25, 0.3) is 5.91 Å². The Labute approximate surface area is 131 Å². The van der Waals surface area contributed by atoms with E-state index in [0.29, 0.717) is 16.9 Å². The van der Waals surface area contributed by atoms with E-state index in [0.717, 1.165) is 27.7 Å². The predicted molar refractivity (Wildman–Crippen MR) is 88.5 cm³/mol. The van der Waals surface area contributed by atoms with Gasteiger partial charge in [-0.1, -0.05) is 6.07 Å². The first kappa shape index (κ1) is 13.4. The fourth-order valence-corrected chi connectivity index (χ4v) is 2.78. The molecule has 0 aliphatic carbocycles. The molecule has 4 aromatic rings. The molecule has 0 radical (unpaired) electrons. The number of nitrogens with one attached hydrogen (secondary N) is 2. The first-order valence-corrected chi connectivity index (χ1v) is 7.11. The minimum absolute atomic E-state index is 0.405. The lowest BCUT2D eigenvalue weighted by atomic mass is 10.1. The fraction of sp³-hybridized carbons (Fsp3) is 0.0588. The number of benzene rings is 2. The standard InChI is InChI=1S/C17H14N4O2/c1-23-9-5-6-13-11(7-9)12(8-19-13)17-20-14-4-2-3-10(16(18)22)15(14)21-17/h2-8,19H,1H3,(H2,18,22)(H,20,21). The number of nitrogens with zero attached hydrogens (tertiary/aromatic N) is 1. The van der Waals surface area contributed by atoms with Gasteiger partial charge in [-0.2, -0.15) is 0 Å². The van der Waals surface area contributed by atoms with E-state index in [2.05, 4.69) is 15.0 Å². The second kappa shape index (κ2) is 4.88. The molecule has 0 saturated heterocycles. The zero-order valence-electron chi connectivity index (χ0n) is 12.4. The van der Waals surface area contributed by atoms with E-state index in [1.54, 1.807) is 19.2 Å². The average molecular weight is 306 g/mol. The van der Waals surface area contributed by atoms with Crippen molar-refractivity contribution in [1.29, 1.82) is 0 Å². The molecule has 0 aliphatic heterocycles. The molecule has 2 aromatic carbocycles. The van der Waals surface area contributed by atoms with Crippen LogP contribution in [0.4, 0.5) is 0 Å². The van der Waals surface area contributed by atoms with Crippen LogP contribution in [0, 0.1) is 0 Å². The number of para-hydroxylation sites is 1. The van der Waals surface area contributed by atoms with Gasteiger partial charge in [-0.3, -0.25) is 4.79 Å². The van der Waals surface area contributed by atoms with Crippen LogP contribution in [0.25, 0.3) is 33.3 Å². The summed E-state index contributed by atoms with van der Waals surface area (Å²) in [5.41, 5.74) is 9.06. The van der Waals surface area contributed by atoms with Crippen molar-refractivity contribution in [3.05, 3.63) is 48.2 Å². The molecule has 114 valence electrons. The van der Waals surface area contributed by atoms with Crippen molar-refractivity contribution in [1.82, 2.24) is 15.0 Å². The number of amides is 1. The van der Waals surface area contributed by atoms with Crippen molar-refractivity contribution in [2.24, 2.45) is 5.73 Å². The molecule has 0 fully saturated rings. The quantitative estimate of drug-likeness (QED) is 0.543. The Balaban J connectivity index is 1.96. The number of ether oxygens (including phenoxy) is 1. The van der Waals surface area contributed by atoms with E-state index < -0.39 is 5.91 Å². The van der Waals surface area contributed by atoms with E-state index in [-0.39, 0.29) is 0 Å². The average Bonchev–Trinajstić information content (AvgIpc) is 3.16. The molecular weight excluding hydrogens is 292 g/mol. The number of aromatic nitrogens is 3. The van der Waals surface area contributed by atoms with Crippen LogP contribution in [0.1, 0.15) is 10.4 Å². The van der Waals surface area contributed by atoms with Crippen LogP contribution in [0.15, 0.2) is 42.6 Å². The van der Waals surface area contributed by atoms with Gasteiger partial charge in [0.1, 0.15) is 17.1 Å². The van der Waals surface area contributed by atoms with E-state index in [1.165, 1.54) is 0 Å². The normalized spacial score (nSPS) is 11.2. The zero-order chi connectivity index (χ0) is 16.0. The van der Waals surface area contributed by atoms with Crippen LogP contribution in [0.3, 0.4) is 0 Å². The molecule has 4 rings (SSSR count). The highest BCUT2D eigenvalue weighted by Crippen LogP contribution is 2.31. The van der Waals surface area contributed by atoms with Gasteiger partial charge in [-0.25, -0.2) is 4.98 Å². The number of fused-ring (bicyclic) bond motifs is 2. The first-order valence-electron chi connectivity index (χ1n) is 7.11. The van der Waals surface area contributed by atoms with E-state index in [9.17, 15) is 4.79 Å². The summed E-state index contributed by atoms with van der Waals surface area (Å²) in [5, 5.41) is 0.990. The predicted octanol–water partition coefficient (Wildman–Crippen LogP) is 2.82. The highest BCUT2D eigenvalue weighted by Gasteiger charge is 2.14. The fourth-order valence-electron chi connectivity index (χ4n) is 2.78. The minimum Gasteiger partial charge on any atom is -0.497 e. The largest absolute Gasteiger partial charge is 0.497 e. The Bertz CT molecular complexity index is 1050. The number of carbonyl (C=O) groups excluding carboxylic acids is 1. The van der Waals surface area contributed by atoms with Gasteiger partial charge in [-0.05, 0) is 30.3 Å². The Morgan fingerprint density at radius 3 is 2.87 bits per heavy atom. The summed E-state index contributed by atoms with van der Waals surface area (Å²) in [6, 6.07) is 11.1. The first-order chi connectivity index (χ1) is 11.2. The summed E-state index contributed by atoms with van der Waals surface area (Å²) in [6.07, 6.45) is 1.88. The highest BCUT2D eigenvalue weighted by molar-refractivity contribution is 6.05. The zero-order valence-corrected chi connectivity index (χ0v) is 12.4. The number of hydrogen-bond donors (Lipinski definition) is 3. The van der Waals surface area contributed by atoms with Crippen molar-refractivity contribution >= 4 is 27.8 Å². The lowest BCUT2D eigenvalue weighted by molar-refractivity contribution is 0.100. The summed E-state index contributed by atoms with van der Waals surface area (Å²) in [4.78, 5) is 22.6. The number of methoxy groups -OCH3 is 1. The molecule has 0 bridgehead atoms. The SMILES string of the molecule is COc1ccc2[nH]cc(-c3nc4c(C(N)=O)cccc4[nH]3)c2c1. The number of primary amides is 1. The van der Waals surface area contributed by atoms with Gasteiger partial charge in [0.05, 0.1) is 18.2 Å². The third-order valence-electron chi connectivity index (χ3n) is 3.92.